The summed E-state index contributed by atoms with van der Waals surface area (Å²) >= 11 is 1.37. The Morgan fingerprint density at radius 2 is 2.05 bits per heavy atom. The summed E-state index contributed by atoms with van der Waals surface area (Å²) in [6.07, 6.45) is 3.36. The molecule has 0 aliphatic carbocycles. The highest BCUT2D eigenvalue weighted by Crippen LogP contribution is 2.23. The summed E-state index contributed by atoms with van der Waals surface area (Å²) in [5, 5.41) is 3.70. The molecular weight excluding hydrogens is 272 g/mol. The molecule has 1 aromatic carbocycles. The van der Waals surface area contributed by atoms with Gasteiger partial charge in [-0.3, -0.25) is 4.79 Å². The highest BCUT2D eigenvalue weighted by molar-refractivity contribution is 7.17. The lowest BCUT2D eigenvalue weighted by Crippen LogP contribution is -1.93. The van der Waals surface area contributed by atoms with E-state index in [1.165, 1.54) is 11.3 Å². The molecule has 0 saturated heterocycles. The number of carbonyl (C=O) groups is 1. The number of methoxy groups -OCH3 is 1. The van der Waals surface area contributed by atoms with Crippen LogP contribution in [0.4, 0.5) is 5.13 Å². The van der Waals surface area contributed by atoms with Crippen LogP contribution in [0.1, 0.15) is 20.9 Å². The molecule has 104 valence electrons. The molecule has 20 heavy (non-hydrogen) atoms. The van der Waals surface area contributed by atoms with Crippen LogP contribution in [0.5, 0.6) is 5.75 Å². The molecule has 0 radical (unpaired) electrons. The topological polar surface area (TPSA) is 51.2 Å². The van der Waals surface area contributed by atoms with Gasteiger partial charge in [0.2, 0.25) is 0 Å². The van der Waals surface area contributed by atoms with Gasteiger partial charge in [-0.15, -0.1) is 0 Å². The number of thiazole rings is 1. The molecule has 0 aliphatic rings. The van der Waals surface area contributed by atoms with Crippen LogP contribution in [0.3, 0.4) is 0 Å². The molecule has 5 heteroatoms. The van der Waals surface area contributed by atoms with Gasteiger partial charge < -0.3 is 10.1 Å². The zero-order chi connectivity index (χ0) is 14.5. The Kier molecular flexibility index (Phi) is 4.53. The van der Waals surface area contributed by atoms with Crippen molar-refractivity contribution in [2.24, 2.45) is 0 Å². The third-order valence-corrected chi connectivity index (χ3v) is 3.97. The minimum absolute atomic E-state index is 0.0303. The average Bonchev–Trinajstić information content (AvgIpc) is 2.86. The fourth-order valence-electron chi connectivity index (χ4n) is 1.69. The van der Waals surface area contributed by atoms with Crippen molar-refractivity contribution >= 4 is 28.3 Å². The summed E-state index contributed by atoms with van der Waals surface area (Å²) in [5.74, 6) is 0.766. The summed E-state index contributed by atoms with van der Waals surface area (Å²) < 4.78 is 5.09. The second-order valence-corrected chi connectivity index (χ2v) is 5.15. The monoisotopic (exact) mass is 288 g/mol. The fourth-order valence-corrected chi connectivity index (χ4v) is 2.53. The van der Waals surface area contributed by atoms with Gasteiger partial charge in [0, 0.05) is 7.05 Å². The van der Waals surface area contributed by atoms with Crippen LogP contribution in [0.15, 0.2) is 30.3 Å². The summed E-state index contributed by atoms with van der Waals surface area (Å²) in [4.78, 5) is 17.1. The first kappa shape index (κ1) is 14.3. The van der Waals surface area contributed by atoms with E-state index in [-0.39, 0.29) is 5.78 Å². The number of ether oxygens (including phenoxy) is 1. The SMILES string of the molecule is CNc1nc(C)c(C(=O)/C=C/c2ccc(OC)cc2)s1. The third-order valence-electron chi connectivity index (χ3n) is 2.78. The molecule has 2 aromatic rings. The van der Waals surface area contributed by atoms with E-state index in [2.05, 4.69) is 10.3 Å². The van der Waals surface area contributed by atoms with Gasteiger partial charge in [0.1, 0.15) is 5.75 Å². The molecule has 4 nitrogen and oxygen atoms in total. The van der Waals surface area contributed by atoms with Gasteiger partial charge in [0.05, 0.1) is 17.7 Å². The van der Waals surface area contributed by atoms with Gasteiger partial charge in [0.25, 0.3) is 0 Å². The lowest BCUT2D eigenvalue weighted by Gasteiger charge is -1.98. The lowest BCUT2D eigenvalue weighted by atomic mass is 10.1. The molecule has 0 unspecified atom stereocenters. The van der Waals surface area contributed by atoms with Crippen molar-refractivity contribution in [2.75, 3.05) is 19.5 Å². The van der Waals surface area contributed by atoms with E-state index < -0.39 is 0 Å². The van der Waals surface area contributed by atoms with E-state index in [1.807, 2.05) is 31.2 Å². The predicted octanol–water partition coefficient (Wildman–Crippen LogP) is 3.40. The molecule has 0 aliphatic heterocycles. The molecule has 0 atom stereocenters. The second kappa shape index (κ2) is 6.34. The van der Waals surface area contributed by atoms with E-state index in [0.29, 0.717) is 4.88 Å². The Morgan fingerprint density at radius 1 is 1.35 bits per heavy atom. The summed E-state index contributed by atoms with van der Waals surface area (Å²) in [6, 6.07) is 7.53. The van der Waals surface area contributed by atoms with Gasteiger partial charge >= 0.3 is 0 Å². The first-order valence-electron chi connectivity index (χ1n) is 6.15. The Bertz CT molecular complexity index is 630. The van der Waals surface area contributed by atoms with E-state index in [1.54, 1.807) is 26.3 Å². The van der Waals surface area contributed by atoms with Crippen molar-refractivity contribution in [2.45, 2.75) is 6.92 Å². The predicted molar refractivity (Wildman–Crippen MR) is 82.8 cm³/mol. The highest BCUT2D eigenvalue weighted by Gasteiger charge is 2.12. The molecule has 1 aromatic heterocycles. The molecule has 0 spiro atoms. The Balaban J connectivity index is 2.13. The van der Waals surface area contributed by atoms with Crippen LogP contribution in [0.2, 0.25) is 0 Å². The molecule has 2 rings (SSSR count). The summed E-state index contributed by atoms with van der Waals surface area (Å²) in [6.45, 7) is 1.84. The molecule has 1 heterocycles. The minimum Gasteiger partial charge on any atom is -0.497 e. The Labute approximate surface area is 122 Å². The van der Waals surface area contributed by atoms with E-state index >= 15 is 0 Å². The van der Waals surface area contributed by atoms with Crippen molar-refractivity contribution in [3.63, 3.8) is 0 Å². The van der Waals surface area contributed by atoms with Crippen molar-refractivity contribution in [3.05, 3.63) is 46.5 Å². The number of hydrogen-bond acceptors (Lipinski definition) is 5. The number of ketones is 1. The molecule has 0 fully saturated rings. The van der Waals surface area contributed by atoms with Crippen molar-refractivity contribution in [3.8, 4) is 5.75 Å². The van der Waals surface area contributed by atoms with Gasteiger partial charge in [-0.1, -0.05) is 29.5 Å². The molecule has 0 amide bonds. The van der Waals surface area contributed by atoms with E-state index in [0.717, 1.165) is 22.1 Å². The standard InChI is InChI=1S/C15H16N2O2S/c1-10-14(20-15(16-2)17-10)13(18)9-6-11-4-7-12(19-3)8-5-11/h4-9H,1-3H3,(H,16,17)/b9-6+. The van der Waals surface area contributed by atoms with Crippen LogP contribution in [-0.2, 0) is 0 Å². The number of benzene rings is 1. The summed E-state index contributed by atoms with van der Waals surface area (Å²) in [7, 11) is 3.42. The molecular formula is C15H16N2O2S. The van der Waals surface area contributed by atoms with E-state index in [4.69, 9.17) is 4.74 Å². The fraction of sp³-hybridized carbons (Fsp3) is 0.200. The largest absolute Gasteiger partial charge is 0.497 e. The molecule has 1 N–H and O–H groups in total. The average molecular weight is 288 g/mol. The quantitative estimate of drug-likeness (QED) is 0.677. The zero-order valence-corrected chi connectivity index (χ0v) is 12.5. The first-order valence-corrected chi connectivity index (χ1v) is 6.97. The highest BCUT2D eigenvalue weighted by atomic mass is 32.1. The number of hydrogen-bond donors (Lipinski definition) is 1. The molecule has 0 saturated carbocycles. The number of allylic oxidation sites excluding steroid dienone is 1. The Morgan fingerprint density at radius 3 is 2.60 bits per heavy atom. The third kappa shape index (κ3) is 3.24. The maximum atomic E-state index is 12.1. The minimum atomic E-state index is -0.0303. The number of aryl methyl sites for hydroxylation is 1. The number of nitrogens with one attached hydrogen (secondary N) is 1. The van der Waals surface area contributed by atoms with Crippen molar-refractivity contribution in [1.29, 1.82) is 0 Å². The normalized spacial score (nSPS) is 10.8. The first-order chi connectivity index (χ1) is 9.63. The van der Waals surface area contributed by atoms with Gasteiger partial charge in [-0.2, -0.15) is 0 Å². The lowest BCUT2D eigenvalue weighted by molar-refractivity contribution is 0.105. The summed E-state index contributed by atoms with van der Waals surface area (Å²) in [5.41, 5.74) is 1.71. The van der Waals surface area contributed by atoms with Gasteiger partial charge in [-0.05, 0) is 30.7 Å². The second-order valence-electron chi connectivity index (χ2n) is 4.15. The number of aromatic nitrogens is 1. The van der Waals surface area contributed by atoms with E-state index in [9.17, 15) is 4.79 Å². The molecule has 0 bridgehead atoms. The number of carbonyl (C=O) groups excluding carboxylic acids is 1. The van der Waals surface area contributed by atoms with Crippen molar-refractivity contribution in [1.82, 2.24) is 4.98 Å². The smallest absolute Gasteiger partial charge is 0.197 e. The van der Waals surface area contributed by atoms with Crippen molar-refractivity contribution < 1.29 is 9.53 Å². The Hall–Kier alpha value is -2.14. The maximum absolute atomic E-state index is 12.1. The maximum Gasteiger partial charge on any atom is 0.197 e. The van der Waals surface area contributed by atoms with Gasteiger partial charge in [0.15, 0.2) is 10.9 Å². The number of rotatable bonds is 5. The van der Waals surface area contributed by atoms with Gasteiger partial charge in [-0.25, -0.2) is 4.98 Å². The zero-order valence-electron chi connectivity index (χ0n) is 11.6. The number of nitrogens with zero attached hydrogens (tertiary/aromatic N) is 1. The van der Waals surface area contributed by atoms with Crippen LogP contribution in [0.25, 0.3) is 6.08 Å². The van der Waals surface area contributed by atoms with Crippen LogP contribution in [-0.4, -0.2) is 24.9 Å². The van der Waals surface area contributed by atoms with Crippen LogP contribution >= 0.6 is 11.3 Å². The van der Waals surface area contributed by atoms with Crippen LogP contribution < -0.4 is 10.1 Å². The van der Waals surface area contributed by atoms with Crippen LogP contribution in [0, 0.1) is 6.92 Å². The number of anilines is 1.